The first kappa shape index (κ1) is 18.5. The SMILES string of the molecule is C#CC(=O)CC(C)c1cccc2ccccc12.Cc1cccc(C)c1. The number of ketones is 1. The largest absolute Gasteiger partial charge is 0.285 e. The van der Waals surface area contributed by atoms with Gasteiger partial charge in [0.05, 0.1) is 0 Å². The Morgan fingerprint density at radius 3 is 2.16 bits per heavy atom. The van der Waals surface area contributed by atoms with Gasteiger partial charge in [0.15, 0.2) is 0 Å². The van der Waals surface area contributed by atoms with Crippen LogP contribution in [0.25, 0.3) is 10.8 Å². The second kappa shape index (κ2) is 8.85. The molecule has 1 atom stereocenters. The highest BCUT2D eigenvalue weighted by atomic mass is 16.1. The molecular formula is C24H24O. The lowest BCUT2D eigenvalue weighted by molar-refractivity contribution is -0.114. The average Bonchev–Trinajstić information content (AvgIpc) is 2.61. The Kier molecular flexibility index (Phi) is 6.54. The number of benzene rings is 3. The van der Waals surface area contributed by atoms with E-state index in [4.69, 9.17) is 6.42 Å². The molecule has 0 aliphatic rings. The van der Waals surface area contributed by atoms with Gasteiger partial charge in [0.1, 0.15) is 0 Å². The molecule has 0 amide bonds. The molecule has 0 saturated carbocycles. The third kappa shape index (κ3) is 5.33. The standard InChI is InChI=1S/C16H14O.C8H10/c1-3-14(17)11-12(2)15-10-6-8-13-7-4-5-9-16(13)15;1-7-4-3-5-8(2)6-7/h1,4-10,12H,11H2,2H3;3-6H,1-2H3. The lowest BCUT2D eigenvalue weighted by Crippen LogP contribution is -2.02. The number of carbonyl (C=O) groups excluding carboxylic acids is 1. The van der Waals surface area contributed by atoms with E-state index in [-0.39, 0.29) is 11.7 Å². The van der Waals surface area contributed by atoms with Crippen molar-refractivity contribution in [2.24, 2.45) is 0 Å². The number of aryl methyl sites for hydroxylation is 2. The summed E-state index contributed by atoms with van der Waals surface area (Å²) in [6.45, 7) is 6.25. The van der Waals surface area contributed by atoms with E-state index in [1.165, 1.54) is 27.5 Å². The Balaban J connectivity index is 0.000000236. The molecule has 0 aliphatic heterocycles. The highest BCUT2D eigenvalue weighted by molar-refractivity contribution is 5.96. The first-order chi connectivity index (χ1) is 12.0. The van der Waals surface area contributed by atoms with Crippen molar-refractivity contribution in [1.29, 1.82) is 0 Å². The summed E-state index contributed by atoms with van der Waals surface area (Å²) in [5, 5.41) is 2.40. The predicted molar refractivity (Wildman–Crippen MR) is 107 cm³/mol. The molecule has 0 aliphatic carbocycles. The van der Waals surface area contributed by atoms with Crippen molar-refractivity contribution in [2.45, 2.75) is 33.1 Å². The third-order valence-electron chi connectivity index (χ3n) is 4.18. The van der Waals surface area contributed by atoms with Crippen LogP contribution in [0.2, 0.25) is 0 Å². The molecule has 1 heteroatoms. The van der Waals surface area contributed by atoms with Gasteiger partial charge in [-0.1, -0.05) is 84.8 Å². The molecule has 0 aromatic heterocycles. The van der Waals surface area contributed by atoms with Crippen LogP contribution < -0.4 is 0 Å². The highest BCUT2D eigenvalue weighted by Crippen LogP contribution is 2.27. The molecule has 0 saturated heterocycles. The smallest absolute Gasteiger partial charge is 0.205 e. The van der Waals surface area contributed by atoms with Gasteiger partial charge in [0.25, 0.3) is 0 Å². The normalized spacial score (nSPS) is 11.1. The van der Waals surface area contributed by atoms with Gasteiger partial charge in [-0.3, -0.25) is 4.79 Å². The molecular weight excluding hydrogens is 304 g/mol. The number of terminal acetylenes is 1. The Bertz CT molecular complexity index is 877. The van der Waals surface area contributed by atoms with E-state index in [2.05, 4.69) is 68.3 Å². The quantitative estimate of drug-likeness (QED) is 0.436. The minimum atomic E-state index is -0.134. The molecule has 1 unspecified atom stereocenters. The molecule has 3 rings (SSSR count). The summed E-state index contributed by atoms with van der Waals surface area (Å²) in [6.07, 6.45) is 5.52. The minimum Gasteiger partial charge on any atom is -0.285 e. The van der Waals surface area contributed by atoms with Crippen LogP contribution in [0.5, 0.6) is 0 Å². The fraction of sp³-hybridized carbons (Fsp3) is 0.208. The Hall–Kier alpha value is -2.85. The first-order valence-corrected chi connectivity index (χ1v) is 8.51. The molecule has 0 bridgehead atoms. The van der Waals surface area contributed by atoms with Crippen molar-refractivity contribution < 1.29 is 4.79 Å². The van der Waals surface area contributed by atoms with Crippen LogP contribution in [-0.2, 0) is 4.79 Å². The van der Waals surface area contributed by atoms with Crippen molar-refractivity contribution in [2.75, 3.05) is 0 Å². The van der Waals surface area contributed by atoms with Gasteiger partial charge in [-0.05, 0) is 42.0 Å². The Morgan fingerprint density at radius 1 is 0.960 bits per heavy atom. The van der Waals surface area contributed by atoms with E-state index in [9.17, 15) is 4.79 Å². The van der Waals surface area contributed by atoms with E-state index < -0.39 is 0 Å². The minimum absolute atomic E-state index is 0.134. The Morgan fingerprint density at radius 2 is 1.56 bits per heavy atom. The molecule has 3 aromatic carbocycles. The van der Waals surface area contributed by atoms with Crippen LogP contribution >= 0.6 is 0 Å². The van der Waals surface area contributed by atoms with Gasteiger partial charge >= 0.3 is 0 Å². The topological polar surface area (TPSA) is 17.1 Å². The number of Topliss-reactive ketones (excluding diaryl/α,β-unsaturated/α-hetero) is 1. The summed E-state index contributed by atoms with van der Waals surface area (Å²) in [6, 6.07) is 22.8. The summed E-state index contributed by atoms with van der Waals surface area (Å²) < 4.78 is 0. The van der Waals surface area contributed by atoms with E-state index in [0.717, 1.165) is 0 Å². The average molecular weight is 328 g/mol. The maximum Gasteiger partial charge on any atom is 0.205 e. The Labute approximate surface area is 150 Å². The summed E-state index contributed by atoms with van der Waals surface area (Å²) in [4.78, 5) is 11.3. The maximum atomic E-state index is 11.3. The van der Waals surface area contributed by atoms with Crippen molar-refractivity contribution in [3.8, 4) is 12.3 Å². The van der Waals surface area contributed by atoms with E-state index in [1.807, 2.05) is 25.1 Å². The number of fused-ring (bicyclic) bond motifs is 1. The van der Waals surface area contributed by atoms with Crippen LogP contribution in [0.4, 0.5) is 0 Å². The molecule has 3 aromatic rings. The van der Waals surface area contributed by atoms with Gasteiger partial charge in [0, 0.05) is 6.42 Å². The summed E-state index contributed by atoms with van der Waals surface area (Å²) in [7, 11) is 0. The molecule has 0 fully saturated rings. The summed E-state index contributed by atoms with van der Waals surface area (Å²) in [5.74, 6) is 2.20. The zero-order valence-corrected chi connectivity index (χ0v) is 15.1. The molecule has 126 valence electrons. The molecule has 0 N–H and O–H groups in total. The lowest BCUT2D eigenvalue weighted by Gasteiger charge is -2.12. The molecule has 25 heavy (non-hydrogen) atoms. The fourth-order valence-electron chi connectivity index (χ4n) is 2.93. The first-order valence-electron chi connectivity index (χ1n) is 8.51. The van der Waals surface area contributed by atoms with Crippen LogP contribution in [0.1, 0.15) is 36.0 Å². The van der Waals surface area contributed by atoms with Gasteiger partial charge in [0.2, 0.25) is 5.78 Å². The molecule has 0 heterocycles. The van der Waals surface area contributed by atoms with Crippen molar-refractivity contribution >= 4 is 16.6 Å². The van der Waals surface area contributed by atoms with E-state index >= 15 is 0 Å². The molecule has 0 spiro atoms. The third-order valence-corrected chi connectivity index (χ3v) is 4.18. The van der Waals surface area contributed by atoms with Gasteiger partial charge in [-0.25, -0.2) is 0 Å². The molecule has 0 radical (unpaired) electrons. The van der Waals surface area contributed by atoms with Crippen molar-refractivity contribution in [3.05, 3.63) is 83.4 Å². The molecule has 1 nitrogen and oxygen atoms in total. The lowest BCUT2D eigenvalue weighted by atomic mass is 9.91. The van der Waals surface area contributed by atoms with Gasteiger partial charge in [-0.2, -0.15) is 0 Å². The zero-order valence-electron chi connectivity index (χ0n) is 15.1. The van der Waals surface area contributed by atoms with Crippen LogP contribution in [-0.4, -0.2) is 5.78 Å². The number of carbonyl (C=O) groups is 1. The van der Waals surface area contributed by atoms with Crippen molar-refractivity contribution in [1.82, 2.24) is 0 Å². The second-order valence-electron chi connectivity index (χ2n) is 6.40. The maximum absolute atomic E-state index is 11.3. The van der Waals surface area contributed by atoms with Crippen LogP contribution in [0.15, 0.2) is 66.7 Å². The van der Waals surface area contributed by atoms with Crippen LogP contribution in [0, 0.1) is 26.2 Å². The predicted octanol–water partition coefficient (Wildman–Crippen LogP) is 5.84. The number of rotatable bonds is 3. The van der Waals surface area contributed by atoms with E-state index in [0.29, 0.717) is 6.42 Å². The fourth-order valence-corrected chi connectivity index (χ4v) is 2.93. The zero-order chi connectivity index (χ0) is 18.2. The summed E-state index contributed by atoms with van der Waals surface area (Å²) in [5.41, 5.74) is 3.86. The van der Waals surface area contributed by atoms with Gasteiger partial charge < -0.3 is 0 Å². The van der Waals surface area contributed by atoms with Crippen molar-refractivity contribution in [3.63, 3.8) is 0 Å². The summed E-state index contributed by atoms with van der Waals surface area (Å²) >= 11 is 0. The monoisotopic (exact) mass is 328 g/mol. The highest BCUT2D eigenvalue weighted by Gasteiger charge is 2.12. The van der Waals surface area contributed by atoms with E-state index in [1.54, 1.807) is 0 Å². The number of hydrogen-bond acceptors (Lipinski definition) is 1. The second-order valence-corrected chi connectivity index (χ2v) is 6.40. The van der Waals surface area contributed by atoms with Gasteiger partial charge in [-0.15, -0.1) is 6.42 Å². The number of hydrogen-bond donors (Lipinski definition) is 0. The van der Waals surface area contributed by atoms with Crippen LogP contribution in [0.3, 0.4) is 0 Å².